The van der Waals surface area contributed by atoms with Gasteiger partial charge < -0.3 is 14.5 Å². The van der Waals surface area contributed by atoms with E-state index in [9.17, 15) is 9.18 Å². The largest absolute Gasteiger partial charge is 0.489 e. The van der Waals surface area contributed by atoms with Crippen molar-refractivity contribution >= 4 is 11.6 Å². The highest BCUT2D eigenvalue weighted by Crippen LogP contribution is 2.18. The molecule has 1 aliphatic rings. The molecule has 0 N–H and O–H groups in total. The van der Waals surface area contributed by atoms with E-state index >= 15 is 0 Å². The molecule has 0 bridgehead atoms. The first-order chi connectivity index (χ1) is 13.5. The molecular formula is C22H28FN3O2. The van der Waals surface area contributed by atoms with E-state index in [-0.39, 0.29) is 17.5 Å². The fraction of sp³-hybridized carbons (Fsp3) is 0.409. The predicted molar refractivity (Wildman–Crippen MR) is 109 cm³/mol. The molecule has 0 saturated carbocycles. The van der Waals surface area contributed by atoms with Crippen LogP contribution in [0.1, 0.15) is 5.56 Å². The lowest BCUT2D eigenvalue weighted by Gasteiger charge is -2.36. The summed E-state index contributed by atoms with van der Waals surface area (Å²) in [5.74, 6) is -0.000471. The van der Waals surface area contributed by atoms with Crippen LogP contribution in [0.4, 0.5) is 10.1 Å². The van der Waals surface area contributed by atoms with Gasteiger partial charge in [0.2, 0.25) is 5.91 Å². The van der Waals surface area contributed by atoms with Crippen molar-refractivity contribution in [3.8, 4) is 5.75 Å². The molecular weight excluding hydrogens is 357 g/mol. The number of likely N-dealkylation sites (N-methyl/N-ethyl adjacent to an activating group) is 1. The lowest BCUT2D eigenvalue weighted by atomic mass is 10.2. The first-order valence-electron chi connectivity index (χ1n) is 9.68. The van der Waals surface area contributed by atoms with Crippen LogP contribution < -0.4 is 9.64 Å². The Hall–Kier alpha value is -2.60. The number of piperazine rings is 1. The smallest absolute Gasteiger partial charge is 0.236 e. The molecule has 0 unspecified atom stereocenters. The molecule has 0 atom stereocenters. The number of amides is 1. The molecule has 0 aliphatic carbocycles. The summed E-state index contributed by atoms with van der Waals surface area (Å²) in [6.07, 6.45) is 0. The number of aryl methyl sites for hydroxylation is 1. The van der Waals surface area contributed by atoms with Crippen LogP contribution in [0, 0.1) is 12.7 Å². The number of ether oxygens (including phenoxy) is 1. The van der Waals surface area contributed by atoms with Gasteiger partial charge in [0.05, 0.1) is 6.54 Å². The molecule has 0 spiro atoms. The van der Waals surface area contributed by atoms with E-state index in [0.717, 1.165) is 26.2 Å². The zero-order valence-electron chi connectivity index (χ0n) is 16.6. The summed E-state index contributed by atoms with van der Waals surface area (Å²) in [4.78, 5) is 18.7. The minimum Gasteiger partial charge on any atom is -0.489 e. The van der Waals surface area contributed by atoms with Gasteiger partial charge in [-0.25, -0.2) is 4.39 Å². The number of carbonyl (C=O) groups is 1. The lowest BCUT2D eigenvalue weighted by Crippen LogP contribution is -2.51. The number of nitrogens with zero attached hydrogens (tertiary/aromatic N) is 3. The van der Waals surface area contributed by atoms with Crippen LogP contribution in [-0.4, -0.2) is 68.6 Å². The van der Waals surface area contributed by atoms with Gasteiger partial charge in [-0.15, -0.1) is 0 Å². The van der Waals surface area contributed by atoms with Gasteiger partial charge in [0.15, 0.2) is 11.6 Å². The molecule has 1 heterocycles. The van der Waals surface area contributed by atoms with Crippen molar-refractivity contribution in [1.29, 1.82) is 0 Å². The third-order valence-electron chi connectivity index (χ3n) is 4.97. The monoisotopic (exact) mass is 385 g/mol. The third kappa shape index (κ3) is 5.45. The van der Waals surface area contributed by atoms with Crippen LogP contribution in [0.5, 0.6) is 5.75 Å². The molecule has 1 aliphatic heterocycles. The quantitative estimate of drug-likeness (QED) is 0.734. The van der Waals surface area contributed by atoms with Gasteiger partial charge in [-0.1, -0.05) is 24.3 Å². The van der Waals surface area contributed by atoms with Crippen molar-refractivity contribution in [3.05, 3.63) is 59.9 Å². The molecule has 28 heavy (non-hydrogen) atoms. The van der Waals surface area contributed by atoms with Gasteiger partial charge in [0.1, 0.15) is 6.61 Å². The van der Waals surface area contributed by atoms with E-state index in [2.05, 4.69) is 36.1 Å². The van der Waals surface area contributed by atoms with E-state index < -0.39 is 0 Å². The van der Waals surface area contributed by atoms with E-state index in [1.807, 2.05) is 16.8 Å². The molecule has 0 aromatic heterocycles. The van der Waals surface area contributed by atoms with Crippen LogP contribution in [-0.2, 0) is 4.79 Å². The van der Waals surface area contributed by atoms with Crippen LogP contribution in [0.15, 0.2) is 48.5 Å². The average molecular weight is 385 g/mol. The molecule has 150 valence electrons. The van der Waals surface area contributed by atoms with Crippen LogP contribution >= 0.6 is 0 Å². The Balaban J connectivity index is 1.39. The first kappa shape index (κ1) is 20.1. The normalized spacial score (nSPS) is 14.4. The molecule has 2 aromatic carbocycles. The summed E-state index contributed by atoms with van der Waals surface area (Å²) in [7, 11) is 1.88. The first-order valence-corrected chi connectivity index (χ1v) is 9.68. The molecule has 2 aromatic rings. The topological polar surface area (TPSA) is 36.0 Å². The van der Waals surface area contributed by atoms with Crippen LogP contribution in [0.25, 0.3) is 0 Å². The summed E-state index contributed by atoms with van der Waals surface area (Å²) in [6.45, 7) is 6.47. The molecule has 5 nitrogen and oxygen atoms in total. The van der Waals surface area contributed by atoms with Crippen molar-refractivity contribution in [3.63, 3.8) is 0 Å². The summed E-state index contributed by atoms with van der Waals surface area (Å²) < 4.78 is 19.0. The van der Waals surface area contributed by atoms with Gasteiger partial charge in [-0.3, -0.25) is 9.69 Å². The fourth-order valence-electron chi connectivity index (χ4n) is 3.32. The molecule has 1 fully saturated rings. The number of carbonyl (C=O) groups excluding carboxylic acids is 1. The Kier molecular flexibility index (Phi) is 6.87. The zero-order chi connectivity index (χ0) is 19.9. The SMILES string of the molecule is Cc1cccc(N2CCN(C(=O)CN(C)CCOc3ccccc3F)CC2)c1. The standard InChI is InChI=1S/C22H28FN3O2/c1-18-6-5-7-19(16-18)25-10-12-26(13-11-25)22(27)17-24(2)14-15-28-21-9-4-3-8-20(21)23/h3-9,16H,10-15,17H2,1-2H3. The number of hydrogen-bond acceptors (Lipinski definition) is 4. The highest BCUT2D eigenvalue weighted by molar-refractivity contribution is 5.78. The second kappa shape index (κ2) is 9.55. The Bertz CT molecular complexity index is 791. The molecule has 1 saturated heterocycles. The van der Waals surface area contributed by atoms with Gasteiger partial charge in [-0.2, -0.15) is 0 Å². The maximum absolute atomic E-state index is 13.5. The average Bonchev–Trinajstić information content (AvgIpc) is 2.69. The number of hydrogen-bond donors (Lipinski definition) is 0. The summed E-state index contributed by atoms with van der Waals surface area (Å²) in [6, 6.07) is 14.8. The lowest BCUT2D eigenvalue weighted by molar-refractivity contribution is -0.132. The van der Waals surface area contributed by atoms with E-state index in [0.29, 0.717) is 19.7 Å². The number of rotatable bonds is 7. The Morgan fingerprint density at radius 2 is 1.86 bits per heavy atom. The zero-order valence-corrected chi connectivity index (χ0v) is 16.6. The molecule has 1 amide bonds. The number of anilines is 1. The van der Waals surface area contributed by atoms with E-state index in [1.165, 1.54) is 17.3 Å². The summed E-state index contributed by atoms with van der Waals surface area (Å²) >= 11 is 0. The summed E-state index contributed by atoms with van der Waals surface area (Å²) in [5.41, 5.74) is 2.46. The maximum atomic E-state index is 13.5. The van der Waals surface area contributed by atoms with Crippen molar-refractivity contribution in [2.75, 3.05) is 57.8 Å². The van der Waals surface area contributed by atoms with Gasteiger partial charge in [0.25, 0.3) is 0 Å². The third-order valence-corrected chi connectivity index (χ3v) is 4.97. The van der Waals surface area contributed by atoms with Crippen LogP contribution in [0.2, 0.25) is 0 Å². The molecule has 0 radical (unpaired) electrons. The second-order valence-electron chi connectivity index (χ2n) is 7.22. The van der Waals surface area contributed by atoms with Crippen LogP contribution in [0.3, 0.4) is 0 Å². The van der Waals surface area contributed by atoms with Crippen molar-refractivity contribution in [2.45, 2.75) is 6.92 Å². The van der Waals surface area contributed by atoms with E-state index in [4.69, 9.17) is 4.74 Å². The van der Waals surface area contributed by atoms with Gasteiger partial charge in [0, 0.05) is 38.4 Å². The van der Waals surface area contributed by atoms with E-state index in [1.54, 1.807) is 18.2 Å². The second-order valence-corrected chi connectivity index (χ2v) is 7.22. The fourth-order valence-corrected chi connectivity index (χ4v) is 3.32. The number of para-hydroxylation sites is 1. The van der Waals surface area contributed by atoms with Crippen molar-refractivity contribution in [2.24, 2.45) is 0 Å². The predicted octanol–water partition coefficient (Wildman–Crippen LogP) is 2.79. The van der Waals surface area contributed by atoms with Gasteiger partial charge in [-0.05, 0) is 43.8 Å². The highest BCUT2D eigenvalue weighted by atomic mass is 19.1. The maximum Gasteiger partial charge on any atom is 0.236 e. The summed E-state index contributed by atoms with van der Waals surface area (Å²) in [5, 5.41) is 0. The Morgan fingerprint density at radius 3 is 2.57 bits per heavy atom. The Labute approximate surface area is 166 Å². The highest BCUT2D eigenvalue weighted by Gasteiger charge is 2.22. The molecule has 3 rings (SSSR count). The van der Waals surface area contributed by atoms with Crippen molar-refractivity contribution in [1.82, 2.24) is 9.80 Å². The minimum atomic E-state index is -0.368. The number of halogens is 1. The van der Waals surface area contributed by atoms with Gasteiger partial charge >= 0.3 is 0 Å². The Morgan fingerprint density at radius 1 is 1.11 bits per heavy atom. The van der Waals surface area contributed by atoms with Crippen molar-refractivity contribution < 1.29 is 13.9 Å². The molecule has 6 heteroatoms. The minimum absolute atomic E-state index is 0.122. The number of benzene rings is 2.